The summed E-state index contributed by atoms with van der Waals surface area (Å²) in [4.78, 5) is 17.2. The Morgan fingerprint density at radius 3 is 2.77 bits per heavy atom. The van der Waals surface area contributed by atoms with Crippen LogP contribution in [0.4, 0.5) is 5.69 Å². The molecule has 1 aliphatic heterocycles. The summed E-state index contributed by atoms with van der Waals surface area (Å²) in [7, 11) is 2.08. The van der Waals surface area contributed by atoms with Crippen LogP contribution in [0.25, 0.3) is 0 Å². The normalized spacial score (nSPS) is 17.3. The van der Waals surface area contributed by atoms with Crippen molar-refractivity contribution in [2.45, 2.75) is 32.6 Å². The van der Waals surface area contributed by atoms with Gasteiger partial charge in [-0.15, -0.1) is 0 Å². The molecule has 1 unspecified atom stereocenters. The van der Waals surface area contributed by atoms with Gasteiger partial charge in [0, 0.05) is 51.3 Å². The van der Waals surface area contributed by atoms with E-state index in [1.807, 2.05) is 12.1 Å². The standard InChI is InChI=1S/C19H30N4O3/c1-3-20-19(22(2)14-17-11-13-26-15-17)21-12-5-4-6-16-7-9-18(10-8-16)23(24)25/h7-10,17H,3-6,11-15H2,1-2H3,(H,20,21). The maximum atomic E-state index is 10.7. The van der Waals surface area contributed by atoms with Crippen molar-refractivity contribution >= 4 is 11.6 Å². The summed E-state index contributed by atoms with van der Waals surface area (Å²) < 4.78 is 5.45. The number of rotatable bonds is 9. The van der Waals surface area contributed by atoms with Crippen LogP contribution in [0.5, 0.6) is 0 Å². The van der Waals surface area contributed by atoms with Crippen LogP contribution >= 0.6 is 0 Å². The first kappa shape index (κ1) is 20.2. The molecular formula is C19H30N4O3. The summed E-state index contributed by atoms with van der Waals surface area (Å²) in [5.41, 5.74) is 1.27. The molecule has 1 N–H and O–H groups in total. The molecule has 7 nitrogen and oxygen atoms in total. The van der Waals surface area contributed by atoms with Crippen LogP contribution < -0.4 is 5.32 Å². The zero-order valence-electron chi connectivity index (χ0n) is 15.8. The van der Waals surface area contributed by atoms with Crippen LogP contribution in [0.15, 0.2) is 29.3 Å². The third-order valence-corrected chi connectivity index (χ3v) is 4.53. The highest BCUT2D eigenvalue weighted by molar-refractivity contribution is 5.79. The molecule has 1 saturated heterocycles. The van der Waals surface area contributed by atoms with Crippen LogP contribution in [0, 0.1) is 16.0 Å². The molecule has 1 aliphatic rings. The number of nitrogens with zero attached hydrogens (tertiary/aromatic N) is 3. The Morgan fingerprint density at radius 1 is 1.38 bits per heavy atom. The third-order valence-electron chi connectivity index (χ3n) is 4.53. The molecule has 0 radical (unpaired) electrons. The molecule has 0 bridgehead atoms. The van der Waals surface area contributed by atoms with Gasteiger partial charge in [-0.1, -0.05) is 12.1 Å². The number of nitro benzene ring substituents is 1. The fourth-order valence-electron chi connectivity index (χ4n) is 3.08. The van der Waals surface area contributed by atoms with Gasteiger partial charge in [-0.3, -0.25) is 15.1 Å². The van der Waals surface area contributed by atoms with Crippen molar-refractivity contribution in [3.63, 3.8) is 0 Å². The second-order valence-corrected chi connectivity index (χ2v) is 6.73. The predicted octanol–water partition coefficient (Wildman–Crippen LogP) is 2.85. The topological polar surface area (TPSA) is 80.0 Å². The number of aliphatic imine (C=N–C) groups is 1. The molecular weight excluding hydrogens is 332 g/mol. The molecule has 1 aromatic rings. The van der Waals surface area contributed by atoms with Crippen molar-refractivity contribution in [2.75, 3.05) is 39.9 Å². The lowest BCUT2D eigenvalue weighted by atomic mass is 10.1. The second-order valence-electron chi connectivity index (χ2n) is 6.73. The Kier molecular flexibility index (Phi) is 8.34. The number of aryl methyl sites for hydroxylation is 1. The van der Waals surface area contributed by atoms with Crippen LogP contribution in [-0.2, 0) is 11.2 Å². The number of unbranched alkanes of at least 4 members (excludes halogenated alkanes) is 1. The first-order chi connectivity index (χ1) is 12.6. The number of guanidine groups is 1. The minimum atomic E-state index is -0.366. The lowest BCUT2D eigenvalue weighted by Crippen LogP contribution is -2.41. The van der Waals surface area contributed by atoms with E-state index in [0.717, 1.165) is 70.1 Å². The van der Waals surface area contributed by atoms with Gasteiger partial charge in [0.15, 0.2) is 5.96 Å². The van der Waals surface area contributed by atoms with Gasteiger partial charge in [0.2, 0.25) is 0 Å². The quantitative estimate of drug-likeness (QED) is 0.240. The molecule has 0 aliphatic carbocycles. The molecule has 1 atom stereocenters. The SMILES string of the molecule is CCNC(=NCCCCc1ccc([N+](=O)[O-])cc1)N(C)CC1CCOC1. The summed E-state index contributed by atoms with van der Waals surface area (Å²) in [6.45, 7) is 6.40. The molecule has 144 valence electrons. The zero-order chi connectivity index (χ0) is 18.8. The Hall–Kier alpha value is -2.15. The fourth-order valence-corrected chi connectivity index (χ4v) is 3.08. The van der Waals surface area contributed by atoms with E-state index in [1.165, 1.54) is 0 Å². The Morgan fingerprint density at radius 2 is 2.15 bits per heavy atom. The summed E-state index contributed by atoms with van der Waals surface area (Å²) in [6, 6.07) is 6.81. The average molecular weight is 362 g/mol. The summed E-state index contributed by atoms with van der Waals surface area (Å²) in [5.74, 6) is 1.54. The van der Waals surface area contributed by atoms with Crippen molar-refractivity contribution in [1.29, 1.82) is 0 Å². The molecule has 0 amide bonds. The maximum Gasteiger partial charge on any atom is 0.269 e. The van der Waals surface area contributed by atoms with Gasteiger partial charge >= 0.3 is 0 Å². The highest BCUT2D eigenvalue weighted by atomic mass is 16.6. The number of nitrogens with one attached hydrogen (secondary N) is 1. The largest absolute Gasteiger partial charge is 0.381 e. The Labute approximate surface area is 155 Å². The smallest absolute Gasteiger partial charge is 0.269 e. The van der Waals surface area contributed by atoms with Crippen LogP contribution in [0.2, 0.25) is 0 Å². The van der Waals surface area contributed by atoms with E-state index in [9.17, 15) is 10.1 Å². The summed E-state index contributed by atoms with van der Waals surface area (Å²) in [6.07, 6.45) is 4.05. The minimum Gasteiger partial charge on any atom is -0.381 e. The summed E-state index contributed by atoms with van der Waals surface area (Å²) in [5, 5.41) is 14.0. The maximum absolute atomic E-state index is 10.7. The highest BCUT2D eigenvalue weighted by Gasteiger charge is 2.18. The second kappa shape index (κ2) is 10.8. The van der Waals surface area contributed by atoms with E-state index < -0.39 is 0 Å². The van der Waals surface area contributed by atoms with Gasteiger partial charge in [-0.05, 0) is 38.2 Å². The number of benzene rings is 1. The molecule has 1 heterocycles. The molecule has 2 rings (SSSR count). The summed E-state index contributed by atoms with van der Waals surface area (Å²) >= 11 is 0. The number of ether oxygens (including phenoxy) is 1. The number of non-ortho nitro benzene ring substituents is 1. The third kappa shape index (κ3) is 6.63. The van der Waals surface area contributed by atoms with Crippen molar-refractivity contribution in [3.8, 4) is 0 Å². The van der Waals surface area contributed by atoms with Crippen molar-refractivity contribution < 1.29 is 9.66 Å². The van der Waals surface area contributed by atoms with Gasteiger partial charge in [0.1, 0.15) is 0 Å². The van der Waals surface area contributed by atoms with E-state index in [1.54, 1.807) is 12.1 Å². The molecule has 1 fully saturated rings. The van der Waals surface area contributed by atoms with Gasteiger partial charge in [0.05, 0.1) is 11.5 Å². The first-order valence-electron chi connectivity index (χ1n) is 9.40. The number of nitro groups is 1. The van der Waals surface area contributed by atoms with E-state index in [0.29, 0.717) is 5.92 Å². The monoisotopic (exact) mass is 362 g/mol. The van der Waals surface area contributed by atoms with E-state index in [2.05, 4.69) is 24.2 Å². The van der Waals surface area contributed by atoms with Crippen LogP contribution in [-0.4, -0.2) is 55.7 Å². The number of hydrogen-bond acceptors (Lipinski definition) is 4. The van der Waals surface area contributed by atoms with Gasteiger partial charge in [-0.2, -0.15) is 0 Å². The fraction of sp³-hybridized carbons (Fsp3) is 0.632. The lowest BCUT2D eigenvalue weighted by molar-refractivity contribution is -0.384. The molecule has 1 aromatic carbocycles. The van der Waals surface area contributed by atoms with Crippen molar-refractivity contribution in [2.24, 2.45) is 10.9 Å². The van der Waals surface area contributed by atoms with Crippen molar-refractivity contribution in [3.05, 3.63) is 39.9 Å². The lowest BCUT2D eigenvalue weighted by Gasteiger charge is -2.24. The average Bonchev–Trinajstić information content (AvgIpc) is 3.13. The first-order valence-corrected chi connectivity index (χ1v) is 9.40. The van der Waals surface area contributed by atoms with Gasteiger partial charge in [-0.25, -0.2) is 0 Å². The molecule has 0 saturated carbocycles. The Bertz CT molecular complexity index is 583. The van der Waals surface area contributed by atoms with Crippen LogP contribution in [0.1, 0.15) is 31.7 Å². The minimum absolute atomic E-state index is 0.143. The van der Waals surface area contributed by atoms with Gasteiger partial charge < -0.3 is 15.0 Å². The molecule has 0 aromatic heterocycles. The zero-order valence-corrected chi connectivity index (χ0v) is 15.8. The van der Waals surface area contributed by atoms with Crippen LogP contribution in [0.3, 0.4) is 0 Å². The molecule has 0 spiro atoms. The van der Waals surface area contributed by atoms with E-state index in [-0.39, 0.29) is 10.6 Å². The van der Waals surface area contributed by atoms with E-state index in [4.69, 9.17) is 9.73 Å². The van der Waals surface area contributed by atoms with E-state index >= 15 is 0 Å². The van der Waals surface area contributed by atoms with Crippen molar-refractivity contribution in [1.82, 2.24) is 10.2 Å². The molecule has 7 heteroatoms. The molecule has 26 heavy (non-hydrogen) atoms. The number of hydrogen-bond donors (Lipinski definition) is 1. The Balaban J connectivity index is 1.73. The van der Waals surface area contributed by atoms with Gasteiger partial charge in [0.25, 0.3) is 5.69 Å². The predicted molar refractivity (Wildman–Crippen MR) is 104 cm³/mol. The highest BCUT2D eigenvalue weighted by Crippen LogP contribution is 2.14.